The number of carbonyl (C=O) groups is 1. The highest BCUT2D eigenvalue weighted by molar-refractivity contribution is 7.98. The van der Waals surface area contributed by atoms with Crippen molar-refractivity contribution in [3.8, 4) is 0 Å². The van der Waals surface area contributed by atoms with E-state index in [9.17, 15) is 4.79 Å². The van der Waals surface area contributed by atoms with Crippen LogP contribution in [0.15, 0.2) is 35.5 Å². The molecule has 126 valence electrons. The monoisotopic (exact) mass is 342 g/mol. The number of amides is 1. The van der Waals surface area contributed by atoms with E-state index in [1.807, 2.05) is 56.3 Å². The molecule has 0 unspecified atom stereocenters. The Morgan fingerprint density at radius 1 is 1.29 bits per heavy atom. The Kier molecular flexibility index (Phi) is 5.04. The fourth-order valence-electron chi connectivity index (χ4n) is 2.27. The lowest BCUT2D eigenvalue weighted by atomic mass is 10.1. The van der Waals surface area contributed by atoms with E-state index in [1.165, 1.54) is 0 Å². The molecule has 1 saturated carbocycles. The third kappa shape index (κ3) is 4.47. The Bertz CT molecular complexity index is 744. The largest absolute Gasteiger partial charge is 0.363 e. The molecule has 1 aromatic heterocycles. The van der Waals surface area contributed by atoms with Crippen LogP contribution in [0, 0.1) is 6.92 Å². The van der Waals surface area contributed by atoms with Gasteiger partial charge in [0, 0.05) is 43.2 Å². The van der Waals surface area contributed by atoms with E-state index in [2.05, 4.69) is 15.3 Å². The SMILES string of the molecule is Cc1cc(N(C)C)nc(SCc2cccc(C(=O)NC3CC3)c2)n1. The number of thioether (sulfide) groups is 1. The fraction of sp³-hybridized carbons (Fsp3) is 0.389. The molecule has 3 rings (SSSR count). The van der Waals surface area contributed by atoms with E-state index in [0.29, 0.717) is 6.04 Å². The van der Waals surface area contributed by atoms with Gasteiger partial charge in [0.25, 0.3) is 5.91 Å². The van der Waals surface area contributed by atoms with Gasteiger partial charge in [-0.2, -0.15) is 0 Å². The summed E-state index contributed by atoms with van der Waals surface area (Å²) in [5.41, 5.74) is 2.77. The molecular formula is C18H22N4OS. The minimum absolute atomic E-state index is 0.0195. The second-order valence-electron chi connectivity index (χ2n) is 6.28. The van der Waals surface area contributed by atoms with Crippen molar-refractivity contribution in [1.29, 1.82) is 0 Å². The molecule has 1 aliphatic carbocycles. The average molecular weight is 342 g/mol. The first-order valence-electron chi connectivity index (χ1n) is 8.07. The van der Waals surface area contributed by atoms with Crippen molar-refractivity contribution in [3.63, 3.8) is 0 Å². The van der Waals surface area contributed by atoms with Crippen LogP contribution in [0.2, 0.25) is 0 Å². The van der Waals surface area contributed by atoms with E-state index in [4.69, 9.17) is 0 Å². The molecule has 0 aliphatic heterocycles. The van der Waals surface area contributed by atoms with Crippen molar-refractivity contribution in [2.24, 2.45) is 0 Å². The van der Waals surface area contributed by atoms with E-state index >= 15 is 0 Å². The molecular weight excluding hydrogens is 320 g/mol. The number of carbonyl (C=O) groups excluding carboxylic acids is 1. The summed E-state index contributed by atoms with van der Waals surface area (Å²) < 4.78 is 0. The lowest BCUT2D eigenvalue weighted by Crippen LogP contribution is -2.25. The number of hydrogen-bond acceptors (Lipinski definition) is 5. The highest BCUT2D eigenvalue weighted by Gasteiger charge is 2.23. The molecule has 0 spiro atoms. The molecule has 1 amide bonds. The Labute approximate surface area is 146 Å². The van der Waals surface area contributed by atoms with Crippen LogP contribution >= 0.6 is 11.8 Å². The number of nitrogens with zero attached hydrogens (tertiary/aromatic N) is 3. The van der Waals surface area contributed by atoms with Crippen LogP contribution in [-0.2, 0) is 5.75 Å². The Morgan fingerprint density at radius 2 is 2.08 bits per heavy atom. The van der Waals surface area contributed by atoms with Crippen LogP contribution < -0.4 is 10.2 Å². The van der Waals surface area contributed by atoms with E-state index in [1.54, 1.807) is 11.8 Å². The van der Waals surface area contributed by atoms with Gasteiger partial charge in [-0.15, -0.1) is 0 Å². The Hall–Kier alpha value is -2.08. The number of aryl methyl sites for hydroxylation is 1. The average Bonchev–Trinajstić information content (AvgIpc) is 3.36. The maximum Gasteiger partial charge on any atom is 0.251 e. The highest BCUT2D eigenvalue weighted by Crippen LogP contribution is 2.23. The second kappa shape index (κ2) is 7.21. The summed E-state index contributed by atoms with van der Waals surface area (Å²) in [6.07, 6.45) is 2.19. The number of benzene rings is 1. The van der Waals surface area contributed by atoms with Crippen LogP contribution in [0.3, 0.4) is 0 Å². The van der Waals surface area contributed by atoms with Gasteiger partial charge in [-0.3, -0.25) is 4.79 Å². The molecule has 0 radical (unpaired) electrons. The second-order valence-corrected chi connectivity index (χ2v) is 7.22. The summed E-state index contributed by atoms with van der Waals surface area (Å²) >= 11 is 1.59. The smallest absolute Gasteiger partial charge is 0.251 e. The highest BCUT2D eigenvalue weighted by atomic mass is 32.2. The van der Waals surface area contributed by atoms with Gasteiger partial charge in [-0.05, 0) is 37.5 Å². The molecule has 2 aromatic rings. The number of aromatic nitrogens is 2. The maximum absolute atomic E-state index is 12.1. The van der Waals surface area contributed by atoms with Crippen molar-refractivity contribution >= 4 is 23.5 Å². The van der Waals surface area contributed by atoms with Gasteiger partial charge in [0.2, 0.25) is 0 Å². The Morgan fingerprint density at radius 3 is 2.79 bits per heavy atom. The molecule has 5 nitrogen and oxygen atoms in total. The normalized spacial score (nSPS) is 13.6. The minimum atomic E-state index is 0.0195. The first kappa shape index (κ1) is 16.8. The molecule has 24 heavy (non-hydrogen) atoms. The molecule has 1 aliphatic rings. The van der Waals surface area contributed by atoms with Gasteiger partial charge >= 0.3 is 0 Å². The fourth-order valence-corrected chi connectivity index (χ4v) is 3.11. The summed E-state index contributed by atoms with van der Waals surface area (Å²) in [5, 5.41) is 3.78. The van der Waals surface area contributed by atoms with Crippen LogP contribution in [0.1, 0.15) is 34.5 Å². The van der Waals surface area contributed by atoms with Crippen LogP contribution in [-0.4, -0.2) is 36.0 Å². The number of anilines is 1. The number of hydrogen-bond donors (Lipinski definition) is 1. The number of nitrogens with one attached hydrogen (secondary N) is 1. The zero-order chi connectivity index (χ0) is 17.1. The molecule has 1 heterocycles. The minimum Gasteiger partial charge on any atom is -0.363 e. The van der Waals surface area contributed by atoms with Gasteiger partial charge in [0.15, 0.2) is 5.16 Å². The molecule has 0 bridgehead atoms. The summed E-state index contributed by atoms with van der Waals surface area (Å²) in [5.74, 6) is 1.66. The predicted molar refractivity (Wildman–Crippen MR) is 97.6 cm³/mol. The maximum atomic E-state index is 12.1. The van der Waals surface area contributed by atoms with Crippen molar-refractivity contribution in [2.75, 3.05) is 19.0 Å². The summed E-state index contributed by atoms with van der Waals surface area (Å²) in [6.45, 7) is 1.97. The summed E-state index contributed by atoms with van der Waals surface area (Å²) in [7, 11) is 3.94. The topological polar surface area (TPSA) is 58.1 Å². The lowest BCUT2D eigenvalue weighted by molar-refractivity contribution is 0.0951. The molecule has 0 saturated heterocycles. The van der Waals surface area contributed by atoms with Gasteiger partial charge in [0.1, 0.15) is 5.82 Å². The van der Waals surface area contributed by atoms with E-state index < -0.39 is 0 Å². The molecule has 1 fully saturated rings. The van der Waals surface area contributed by atoms with Crippen LogP contribution in [0.5, 0.6) is 0 Å². The lowest BCUT2D eigenvalue weighted by Gasteiger charge is -2.13. The van der Waals surface area contributed by atoms with Crippen molar-refractivity contribution < 1.29 is 4.79 Å². The van der Waals surface area contributed by atoms with Gasteiger partial charge in [0.05, 0.1) is 0 Å². The summed E-state index contributed by atoms with van der Waals surface area (Å²) in [6, 6.07) is 10.1. The van der Waals surface area contributed by atoms with Crippen molar-refractivity contribution in [2.45, 2.75) is 36.7 Å². The molecule has 6 heteroatoms. The first-order valence-corrected chi connectivity index (χ1v) is 9.05. The predicted octanol–water partition coefficient (Wildman–Crippen LogP) is 3.04. The molecule has 1 N–H and O–H groups in total. The number of rotatable bonds is 6. The van der Waals surface area contributed by atoms with E-state index in [0.717, 1.165) is 46.4 Å². The first-order chi connectivity index (χ1) is 11.5. The third-order valence-electron chi connectivity index (χ3n) is 3.75. The zero-order valence-corrected chi connectivity index (χ0v) is 15.1. The van der Waals surface area contributed by atoms with Crippen LogP contribution in [0.4, 0.5) is 5.82 Å². The zero-order valence-electron chi connectivity index (χ0n) is 14.2. The van der Waals surface area contributed by atoms with Crippen molar-refractivity contribution in [1.82, 2.24) is 15.3 Å². The quantitative estimate of drug-likeness (QED) is 0.646. The molecule has 1 aromatic carbocycles. The van der Waals surface area contributed by atoms with Crippen molar-refractivity contribution in [3.05, 3.63) is 47.2 Å². The standard InChI is InChI=1S/C18H22N4OS/c1-12-9-16(22(2)3)21-18(19-12)24-11-13-5-4-6-14(10-13)17(23)20-15-7-8-15/h4-6,9-10,15H,7-8,11H2,1-3H3,(H,20,23). The van der Waals surface area contributed by atoms with Gasteiger partial charge in [-0.25, -0.2) is 9.97 Å². The van der Waals surface area contributed by atoms with Gasteiger partial charge in [-0.1, -0.05) is 23.9 Å². The van der Waals surface area contributed by atoms with Gasteiger partial charge < -0.3 is 10.2 Å². The third-order valence-corrected chi connectivity index (χ3v) is 4.67. The Balaban J connectivity index is 1.67. The van der Waals surface area contributed by atoms with Crippen LogP contribution in [0.25, 0.3) is 0 Å². The molecule has 0 atom stereocenters. The summed E-state index contributed by atoms with van der Waals surface area (Å²) in [4.78, 5) is 23.1. The van der Waals surface area contributed by atoms with E-state index in [-0.39, 0.29) is 5.91 Å².